The number of carbonyl (C=O) groups is 1. The lowest BCUT2D eigenvalue weighted by Gasteiger charge is -2.10. The molecule has 0 aliphatic heterocycles. The number of benzene rings is 1. The van der Waals surface area contributed by atoms with Gasteiger partial charge in [0, 0.05) is 28.7 Å². The molecule has 0 unspecified atom stereocenters. The van der Waals surface area contributed by atoms with Gasteiger partial charge >= 0.3 is 0 Å². The molecule has 0 atom stereocenters. The highest BCUT2D eigenvalue weighted by molar-refractivity contribution is 6.07. The third kappa shape index (κ3) is 2.20. The van der Waals surface area contributed by atoms with Crippen molar-refractivity contribution in [3.63, 3.8) is 0 Å². The van der Waals surface area contributed by atoms with Crippen molar-refractivity contribution in [1.29, 1.82) is 0 Å². The van der Waals surface area contributed by atoms with E-state index in [-0.39, 0.29) is 11.9 Å². The molecule has 1 heterocycles. The number of pyridine rings is 1. The number of fused-ring (bicyclic) bond motifs is 1. The minimum atomic E-state index is -0.170. The number of nitrogens with zero attached hydrogens (tertiary/aromatic N) is 1. The number of nitrogens with one attached hydrogen (secondary N) is 1. The van der Waals surface area contributed by atoms with Crippen LogP contribution in [0.15, 0.2) is 30.5 Å². The van der Waals surface area contributed by atoms with E-state index in [9.17, 15) is 4.79 Å². The van der Waals surface area contributed by atoms with E-state index in [1.807, 2.05) is 38.1 Å². The van der Waals surface area contributed by atoms with Gasteiger partial charge in [-0.3, -0.25) is 9.78 Å². The van der Waals surface area contributed by atoms with Crippen LogP contribution in [0.2, 0.25) is 0 Å². The zero-order valence-corrected chi connectivity index (χ0v) is 9.90. The number of amides is 1. The van der Waals surface area contributed by atoms with Crippen molar-refractivity contribution < 1.29 is 4.79 Å². The lowest BCUT2D eigenvalue weighted by atomic mass is 10.1. The first kappa shape index (κ1) is 11.4. The molecular formula is C13H15N3O. The van der Waals surface area contributed by atoms with E-state index >= 15 is 0 Å². The van der Waals surface area contributed by atoms with Crippen LogP contribution in [-0.4, -0.2) is 16.9 Å². The molecule has 2 rings (SSSR count). The number of rotatable bonds is 2. The average molecular weight is 229 g/mol. The Morgan fingerprint density at radius 1 is 1.29 bits per heavy atom. The molecule has 0 saturated carbocycles. The van der Waals surface area contributed by atoms with Crippen LogP contribution in [0, 0.1) is 0 Å². The SMILES string of the molecule is CC(C)NC(=O)c1nccc2c(N)cccc12. The molecule has 1 aromatic carbocycles. The monoisotopic (exact) mass is 229 g/mol. The second-order valence-electron chi connectivity index (χ2n) is 4.23. The third-order valence-electron chi connectivity index (χ3n) is 2.47. The maximum atomic E-state index is 12.0. The van der Waals surface area contributed by atoms with Crippen molar-refractivity contribution in [3.05, 3.63) is 36.2 Å². The van der Waals surface area contributed by atoms with E-state index in [2.05, 4.69) is 10.3 Å². The van der Waals surface area contributed by atoms with Gasteiger partial charge < -0.3 is 11.1 Å². The minimum Gasteiger partial charge on any atom is -0.398 e. The summed E-state index contributed by atoms with van der Waals surface area (Å²) in [5.41, 5.74) is 6.94. The first-order chi connectivity index (χ1) is 8.09. The number of hydrogen-bond donors (Lipinski definition) is 2. The lowest BCUT2D eigenvalue weighted by molar-refractivity contribution is 0.0940. The Kier molecular flexibility index (Phi) is 2.95. The fourth-order valence-corrected chi connectivity index (χ4v) is 1.74. The smallest absolute Gasteiger partial charge is 0.270 e. The van der Waals surface area contributed by atoms with E-state index in [0.717, 1.165) is 10.8 Å². The van der Waals surface area contributed by atoms with Crippen LogP contribution >= 0.6 is 0 Å². The zero-order valence-electron chi connectivity index (χ0n) is 9.90. The van der Waals surface area contributed by atoms with Crippen molar-refractivity contribution in [2.45, 2.75) is 19.9 Å². The van der Waals surface area contributed by atoms with Crippen molar-refractivity contribution >= 4 is 22.4 Å². The van der Waals surface area contributed by atoms with Gasteiger partial charge in [0.2, 0.25) is 0 Å². The highest BCUT2D eigenvalue weighted by Crippen LogP contribution is 2.22. The molecule has 0 saturated heterocycles. The Hall–Kier alpha value is -2.10. The van der Waals surface area contributed by atoms with E-state index < -0.39 is 0 Å². The van der Waals surface area contributed by atoms with Gasteiger partial charge in [-0.2, -0.15) is 0 Å². The van der Waals surface area contributed by atoms with Crippen LogP contribution in [-0.2, 0) is 0 Å². The largest absolute Gasteiger partial charge is 0.398 e. The normalized spacial score (nSPS) is 10.8. The topological polar surface area (TPSA) is 68.0 Å². The second-order valence-corrected chi connectivity index (χ2v) is 4.23. The van der Waals surface area contributed by atoms with Gasteiger partial charge in [-0.25, -0.2) is 0 Å². The number of aromatic nitrogens is 1. The standard InChI is InChI=1S/C13H15N3O/c1-8(2)16-13(17)12-10-4-3-5-11(14)9(10)6-7-15-12/h3-8H,14H2,1-2H3,(H,16,17). The van der Waals surface area contributed by atoms with E-state index in [0.29, 0.717) is 11.4 Å². The fraction of sp³-hybridized carbons (Fsp3) is 0.231. The molecule has 2 aromatic rings. The van der Waals surface area contributed by atoms with E-state index in [1.165, 1.54) is 0 Å². The lowest BCUT2D eigenvalue weighted by Crippen LogP contribution is -2.30. The van der Waals surface area contributed by atoms with Gasteiger partial charge in [0.05, 0.1) is 0 Å². The summed E-state index contributed by atoms with van der Waals surface area (Å²) in [6, 6.07) is 7.39. The van der Waals surface area contributed by atoms with Crippen LogP contribution in [0.1, 0.15) is 24.3 Å². The number of anilines is 1. The Morgan fingerprint density at radius 2 is 2.06 bits per heavy atom. The molecule has 4 nitrogen and oxygen atoms in total. The van der Waals surface area contributed by atoms with Gasteiger partial charge in [-0.05, 0) is 26.0 Å². The summed E-state index contributed by atoms with van der Waals surface area (Å²) in [4.78, 5) is 16.1. The summed E-state index contributed by atoms with van der Waals surface area (Å²) < 4.78 is 0. The quantitative estimate of drug-likeness (QED) is 0.773. The molecule has 0 aliphatic rings. The Labute approximate surface area is 99.8 Å². The maximum Gasteiger partial charge on any atom is 0.270 e. The average Bonchev–Trinajstić information content (AvgIpc) is 2.28. The van der Waals surface area contributed by atoms with Crippen LogP contribution in [0.5, 0.6) is 0 Å². The van der Waals surface area contributed by atoms with Crippen molar-refractivity contribution in [3.8, 4) is 0 Å². The molecule has 4 heteroatoms. The van der Waals surface area contributed by atoms with Crippen molar-refractivity contribution in [1.82, 2.24) is 10.3 Å². The van der Waals surface area contributed by atoms with Gasteiger partial charge in [0.1, 0.15) is 5.69 Å². The summed E-state index contributed by atoms with van der Waals surface area (Å²) in [5.74, 6) is -0.170. The van der Waals surface area contributed by atoms with Crippen molar-refractivity contribution in [2.75, 3.05) is 5.73 Å². The molecule has 1 aromatic heterocycles. The predicted octanol–water partition coefficient (Wildman–Crippen LogP) is 1.96. The van der Waals surface area contributed by atoms with Crippen LogP contribution in [0.25, 0.3) is 10.8 Å². The van der Waals surface area contributed by atoms with Gasteiger partial charge in [0.15, 0.2) is 0 Å². The molecule has 88 valence electrons. The first-order valence-corrected chi connectivity index (χ1v) is 5.53. The molecule has 0 spiro atoms. The maximum absolute atomic E-state index is 12.0. The first-order valence-electron chi connectivity index (χ1n) is 5.53. The summed E-state index contributed by atoms with van der Waals surface area (Å²) in [6.45, 7) is 3.83. The molecule has 17 heavy (non-hydrogen) atoms. The predicted molar refractivity (Wildman–Crippen MR) is 68.8 cm³/mol. The van der Waals surface area contributed by atoms with E-state index in [4.69, 9.17) is 5.73 Å². The molecular weight excluding hydrogens is 214 g/mol. The zero-order chi connectivity index (χ0) is 12.4. The van der Waals surface area contributed by atoms with Crippen LogP contribution in [0.4, 0.5) is 5.69 Å². The summed E-state index contributed by atoms with van der Waals surface area (Å²) >= 11 is 0. The van der Waals surface area contributed by atoms with Crippen LogP contribution < -0.4 is 11.1 Å². The van der Waals surface area contributed by atoms with Crippen molar-refractivity contribution in [2.24, 2.45) is 0 Å². The summed E-state index contributed by atoms with van der Waals surface area (Å²) in [5, 5.41) is 4.47. The highest BCUT2D eigenvalue weighted by Gasteiger charge is 2.12. The molecule has 0 radical (unpaired) electrons. The van der Waals surface area contributed by atoms with Gasteiger partial charge in [-0.15, -0.1) is 0 Å². The third-order valence-corrected chi connectivity index (χ3v) is 2.47. The second kappa shape index (κ2) is 4.41. The molecule has 0 fully saturated rings. The summed E-state index contributed by atoms with van der Waals surface area (Å²) in [6.07, 6.45) is 1.61. The molecule has 3 N–H and O–H groups in total. The fourth-order valence-electron chi connectivity index (χ4n) is 1.74. The van der Waals surface area contributed by atoms with Crippen LogP contribution in [0.3, 0.4) is 0 Å². The molecule has 1 amide bonds. The van der Waals surface area contributed by atoms with Gasteiger partial charge in [-0.1, -0.05) is 12.1 Å². The van der Waals surface area contributed by atoms with E-state index in [1.54, 1.807) is 6.20 Å². The number of hydrogen-bond acceptors (Lipinski definition) is 3. The molecule has 0 aliphatic carbocycles. The van der Waals surface area contributed by atoms with Gasteiger partial charge in [0.25, 0.3) is 5.91 Å². The Morgan fingerprint density at radius 3 is 2.76 bits per heavy atom. The minimum absolute atomic E-state index is 0.0839. The Bertz CT molecular complexity index is 564. The number of nitrogen functional groups attached to an aromatic ring is 1. The Balaban J connectivity index is 2.55. The number of nitrogens with two attached hydrogens (primary N) is 1. The highest BCUT2D eigenvalue weighted by atomic mass is 16.1. The summed E-state index contributed by atoms with van der Waals surface area (Å²) in [7, 11) is 0. The molecule has 0 bridgehead atoms. The number of carbonyl (C=O) groups excluding carboxylic acids is 1.